The lowest BCUT2D eigenvalue weighted by Gasteiger charge is -2.34. The summed E-state index contributed by atoms with van der Waals surface area (Å²) < 4.78 is 14.2. The molecule has 1 nitrogen and oxygen atoms in total. The summed E-state index contributed by atoms with van der Waals surface area (Å²) in [6.07, 6.45) is 5.29. The molecule has 3 aromatic carbocycles. The first-order chi connectivity index (χ1) is 16.6. The molecule has 0 spiro atoms. The van der Waals surface area contributed by atoms with Crippen molar-refractivity contribution in [1.29, 1.82) is 0 Å². The Morgan fingerprint density at radius 2 is 1.29 bits per heavy atom. The van der Waals surface area contributed by atoms with Gasteiger partial charge in [0.1, 0.15) is 5.82 Å². The van der Waals surface area contributed by atoms with Crippen LogP contribution in [-0.4, -0.2) is 10.7 Å². The van der Waals surface area contributed by atoms with Crippen molar-refractivity contribution in [3.05, 3.63) is 93.8 Å². The van der Waals surface area contributed by atoms with Crippen molar-refractivity contribution >= 4 is 0 Å². The molecule has 35 heavy (non-hydrogen) atoms. The molecular formula is C33H43FO. The van der Waals surface area contributed by atoms with Gasteiger partial charge in [-0.3, -0.25) is 0 Å². The van der Waals surface area contributed by atoms with Gasteiger partial charge < -0.3 is 5.11 Å². The fourth-order valence-electron chi connectivity index (χ4n) is 5.52. The summed E-state index contributed by atoms with van der Waals surface area (Å²) in [5.41, 5.74) is 8.49. The molecule has 0 radical (unpaired) electrons. The van der Waals surface area contributed by atoms with Gasteiger partial charge in [-0.05, 0) is 110 Å². The molecule has 0 aliphatic carbocycles. The average molecular weight is 475 g/mol. The maximum absolute atomic E-state index is 14.2. The third-order valence-electron chi connectivity index (χ3n) is 8.54. The molecule has 0 bridgehead atoms. The number of benzene rings is 3. The van der Waals surface area contributed by atoms with Crippen LogP contribution in [0, 0.1) is 26.6 Å². The second kappa shape index (κ2) is 11.1. The van der Waals surface area contributed by atoms with E-state index in [-0.39, 0.29) is 11.2 Å². The number of aliphatic hydroxyl groups is 1. The SMILES string of the molecule is CCC(O)(CC)CCc1ccc(C(CC)(CC)c2ccc(-c3ccc(C)c(F)c3)c(C)c2)cc1C. The molecule has 0 aliphatic rings. The van der Waals surface area contributed by atoms with Crippen molar-refractivity contribution in [3.63, 3.8) is 0 Å². The van der Waals surface area contributed by atoms with Gasteiger partial charge in [0.25, 0.3) is 0 Å². The molecule has 0 atom stereocenters. The van der Waals surface area contributed by atoms with E-state index in [1.165, 1.54) is 27.8 Å². The third kappa shape index (κ3) is 5.54. The molecule has 0 unspecified atom stereocenters. The molecule has 0 aliphatic heterocycles. The third-order valence-corrected chi connectivity index (χ3v) is 8.54. The van der Waals surface area contributed by atoms with Crippen LogP contribution in [0.15, 0.2) is 54.6 Å². The molecule has 0 saturated carbocycles. The minimum Gasteiger partial charge on any atom is -0.390 e. The van der Waals surface area contributed by atoms with E-state index in [0.29, 0.717) is 5.56 Å². The number of hydrogen-bond acceptors (Lipinski definition) is 1. The molecule has 188 valence electrons. The van der Waals surface area contributed by atoms with Crippen LogP contribution >= 0.6 is 0 Å². The van der Waals surface area contributed by atoms with Gasteiger partial charge in [-0.25, -0.2) is 4.39 Å². The molecule has 3 rings (SSSR count). The Bertz CT molecular complexity index is 1150. The molecule has 3 aromatic rings. The summed E-state index contributed by atoms with van der Waals surface area (Å²) in [6, 6.07) is 19.1. The highest BCUT2D eigenvalue weighted by Crippen LogP contribution is 2.41. The van der Waals surface area contributed by atoms with Crippen LogP contribution in [0.25, 0.3) is 11.1 Å². The van der Waals surface area contributed by atoms with Crippen LogP contribution in [0.5, 0.6) is 0 Å². The van der Waals surface area contributed by atoms with Crippen molar-refractivity contribution in [2.24, 2.45) is 0 Å². The van der Waals surface area contributed by atoms with Gasteiger partial charge in [0.05, 0.1) is 5.60 Å². The Balaban J connectivity index is 1.96. The zero-order valence-electron chi connectivity index (χ0n) is 22.8. The first kappa shape index (κ1) is 27.1. The van der Waals surface area contributed by atoms with E-state index in [0.717, 1.165) is 49.7 Å². The lowest BCUT2D eigenvalue weighted by atomic mass is 9.69. The first-order valence-electron chi connectivity index (χ1n) is 13.3. The Labute approximate surface area is 212 Å². The largest absolute Gasteiger partial charge is 0.390 e. The predicted octanol–water partition coefficient (Wildman–Crippen LogP) is 9.01. The maximum Gasteiger partial charge on any atom is 0.126 e. The van der Waals surface area contributed by atoms with Crippen molar-refractivity contribution in [2.75, 3.05) is 0 Å². The van der Waals surface area contributed by atoms with Crippen LogP contribution < -0.4 is 0 Å². The number of hydrogen-bond donors (Lipinski definition) is 1. The van der Waals surface area contributed by atoms with E-state index < -0.39 is 5.60 Å². The average Bonchev–Trinajstić information content (AvgIpc) is 2.86. The van der Waals surface area contributed by atoms with Crippen LogP contribution in [0.3, 0.4) is 0 Å². The van der Waals surface area contributed by atoms with Gasteiger partial charge in [0.2, 0.25) is 0 Å². The lowest BCUT2D eigenvalue weighted by Crippen LogP contribution is -2.28. The van der Waals surface area contributed by atoms with E-state index in [2.05, 4.69) is 77.9 Å². The molecule has 0 heterocycles. The molecule has 0 fully saturated rings. The highest BCUT2D eigenvalue weighted by molar-refractivity contribution is 5.68. The number of halogens is 1. The summed E-state index contributed by atoms with van der Waals surface area (Å²) in [5, 5.41) is 10.7. The van der Waals surface area contributed by atoms with Gasteiger partial charge in [-0.15, -0.1) is 0 Å². The zero-order valence-corrected chi connectivity index (χ0v) is 22.8. The summed E-state index contributed by atoms with van der Waals surface area (Å²) in [6.45, 7) is 14.8. The molecule has 1 N–H and O–H groups in total. The Kier molecular flexibility index (Phi) is 8.59. The highest BCUT2D eigenvalue weighted by Gasteiger charge is 2.31. The summed E-state index contributed by atoms with van der Waals surface area (Å²) in [5.74, 6) is -0.158. The fraction of sp³-hybridized carbons (Fsp3) is 0.455. The standard InChI is InChI=1S/C33H43FO/c1-8-32(35,9-2)19-18-26-14-15-28(20-24(26)6)33(10-3,11-4)29-16-17-30(25(7)21-29)27-13-12-23(5)31(34)22-27/h12-17,20-22,35H,8-11,18-19H2,1-7H3. The van der Waals surface area contributed by atoms with E-state index in [1.54, 1.807) is 13.0 Å². The number of aryl methyl sites for hydroxylation is 4. The highest BCUT2D eigenvalue weighted by atomic mass is 19.1. The monoisotopic (exact) mass is 474 g/mol. The van der Waals surface area contributed by atoms with Gasteiger partial charge >= 0.3 is 0 Å². The van der Waals surface area contributed by atoms with E-state index in [4.69, 9.17) is 0 Å². The number of rotatable bonds is 10. The van der Waals surface area contributed by atoms with E-state index in [1.807, 2.05) is 12.1 Å². The lowest BCUT2D eigenvalue weighted by molar-refractivity contribution is 0.0239. The minimum atomic E-state index is -0.568. The van der Waals surface area contributed by atoms with Crippen LogP contribution in [0.1, 0.15) is 93.2 Å². The van der Waals surface area contributed by atoms with Crippen LogP contribution in [0.2, 0.25) is 0 Å². The second-order valence-electron chi connectivity index (χ2n) is 10.4. The van der Waals surface area contributed by atoms with Gasteiger partial charge in [-0.1, -0.05) is 76.2 Å². The normalized spacial score (nSPS) is 12.3. The maximum atomic E-state index is 14.2. The van der Waals surface area contributed by atoms with Crippen LogP contribution in [-0.2, 0) is 11.8 Å². The molecular weight excluding hydrogens is 431 g/mol. The van der Waals surface area contributed by atoms with Crippen molar-refractivity contribution < 1.29 is 9.50 Å². The summed E-state index contributed by atoms with van der Waals surface area (Å²) in [4.78, 5) is 0. The first-order valence-corrected chi connectivity index (χ1v) is 13.3. The van der Waals surface area contributed by atoms with Crippen LogP contribution in [0.4, 0.5) is 4.39 Å². The van der Waals surface area contributed by atoms with Crippen molar-refractivity contribution in [2.45, 2.75) is 98.0 Å². The van der Waals surface area contributed by atoms with E-state index in [9.17, 15) is 9.50 Å². The van der Waals surface area contributed by atoms with Gasteiger partial charge in [0, 0.05) is 5.41 Å². The molecule has 0 saturated heterocycles. The summed E-state index contributed by atoms with van der Waals surface area (Å²) >= 11 is 0. The minimum absolute atomic E-state index is 0.0708. The van der Waals surface area contributed by atoms with Crippen molar-refractivity contribution in [1.82, 2.24) is 0 Å². The fourth-order valence-corrected chi connectivity index (χ4v) is 5.52. The Morgan fingerprint density at radius 1 is 0.686 bits per heavy atom. The van der Waals surface area contributed by atoms with Crippen molar-refractivity contribution in [3.8, 4) is 11.1 Å². The summed E-state index contributed by atoms with van der Waals surface area (Å²) in [7, 11) is 0. The van der Waals surface area contributed by atoms with Gasteiger partial charge in [0.15, 0.2) is 0 Å². The molecule has 0 amide bonds. The zero-order chi connectivity index (χ0) is 25.8. The Morgan fingerprint density at radius 3 is 1.80 bits per heavy atom. The predicted molar refractivity (Wildman–Crippen MR) is 148 cm³/mol. The molecule has 0 aromatic heterocycles. The molecule has 2 heteroatoms. The van der Waals surface area contributed by atoms with Gasteiger partial charge in [-0.2, -0.15) is 0 Å². The smallest absolute Gasteiger partial charge is 0.126 e. The van der Waals surface area contributed by atoms with E-state index >= 15 is 0 Å². The Hall–Kier alpha value is -2.45. The quantitative estimate of drug-likeness (QED) is 0.311. The topological polar surface area (TPSA) is 20.2 Å². The second-order valence-corrected chi connectivity index (χ2v) is 10.4.